The molecule has 0 unspecified atom stereocenters. The first-order valence-corrected chi connectivity index (χ1v) is 5.05. The molecule has 17 heavy (non-hydrogen) atoms. The summed E-state index contributed by atoms with van der Waals surface area (Å²) < 4.78 is 18.6. The average molecular weight is 234 g/mol. The van der Waals surface area contributed by atoms with Gasteiger partial charge in [-0.25, -0.2) is 4.39 Å². The van der Waals surface area contributed by atoms with Gasteiger partial charge in [0, 0.05) is 11.6 Å². The summed E-state index contributed by atoms with van der Waals surface area (Å²) in [5, 5.41) is 18.5. The number of ether oxygens (including phenoxy) is 1. The maximum atomic E-state index is 13.4. The Kier molecular flexibility index (Phi) is 3.14. The summed E-state index contributed by atoms with van der Waals surface area (Å²) in [6.07, 6.45) is 0. The van der Waals surface area contributed by atoms with E-state index in [-0.39, 0.29) is 18.1 Å². The normalized spacial score (nSPS) is 10.2. The number of para-hydroxylation sites is 2. The largest absolute Gasteiger partial charge is 0.508 e. The van der Waals surface area contributed by atoms with Crippen molar-refractivity contribution in [3.8, 4) is 17.2 Å². The van der Waals surface area contributed by atoms with Gasteiger partial charge in [-0.3, -0.25) is 0 Å². The summed E-state index contributed by atoms with van der Waals surface area (Å²) in [5.41, 5.74) is 0.311. The summed E-state index contributed by atoms with van der Waals surface area (Å²) in [4.78, 5) is 0. The Morgan fingerprint density at radius 3 is 2.53 bits per heavy atom. The monoisotopic (exact) mass is 234 g/mol. The van der Waals surface area contributed by atoms with Crippen LogP contribution in [0.4, 0.5) is 4.39 Å². The Balaban J connectivity index is 2.10. The van der Waals surface area contributed by atoms with E-state index in [1.165, 1.54) is 18.2 Å². The third kappa shape index (κ3) is 2.66. The lowest BCUT2D eigenvalue weighted by atomic mass is 10.2. The number of halogens is 1. The van der Waals surface area contributed by atoms with Crippen molar-refractivity contribution >= 4 is 0 Å². The molecule has 0 amide bonds. The van der Waals surface area contributed by atoms with Gasteiger partial charge in [0.2, 0.25) is 0 Å². The van der Waals surface area contributed by atoms with Gasteiger partial charge >= 0.3 is 0 Å². The second-order valence-electron chi connectivity index (χ2n) is 3.53. The molecule has 0 aliphatic rings. The Hall–Kier alpha value is -2.23. The van der Waals surface area contributed by atoms with Crippen LogP contribution in [-0.2, 0) is 6.61 Å². The van der Waals surface area contributed by atoms with Crippen molar-refractivity contribution in [2.24, 2.45) is 0 Å². The quantitative estimate of drug-likeness (QED) is 0.858. The molecule has 0 aromatic heterocycles. The fourth-order valence-corrected chi connectivity index (χ4v) is 1.39. The number of rotatable bonds is 3. The van der Waals surface area contributed by atoms with Gasteiger partial charge in [0.15, 0.2) is 11.5 Å². The smallest absolute Gasteiger partial charge is 0.161 e. The van der Waals surface area contributed by atoms with E-state index in [2.05, 4.69) is 0 Å². The number of phenols is 2. The van der Waals surface area contributed by atoms with Crippen LogP contribution < -0.4 is 4.74 Å². The van der Waals surface area contributed by atoms with Gasteiger partial charge in [-0.15, -0.1) is 0 Å². The highest BCUT2D eigenvalue weighted by Gasteiger charge is 2.06. The molecule has 0 bridgehead atoms. The first-order chi connectivity index (χ1) is 8.16. The molecule has 0 saturated carbocycles. The molecule has 2 rings (SSSR count). The topological polar surface area (TPSA) is 49.7 Å². The van der Waals surface area contributed by atoms with Gasteiger partial charge in [0.1, 0.15) is 18.2 Å². The van der Waals surface area contributed by atoms with Gasteiger partial charge in [0.05, 0.1) is 0 Å². The van der Waals surface area contributed by atoms with Crippen molar-refractivity contribution < 1.29 is 19.3 Å². The molecule has 0 heterocycles. The van der Waals surface area contributed by atoms with Crippen LogP contribution in [-0.4, -0.2) is 10.2 Å². The van der Waals surface area contributed by atoms with Gasteiger partial charge in [-0.1, -0.05) is 12.1 Å². The molecular weight excluding hydrogens is 223 g/mol. The SMILES string of the molecule is Oc1ccc(COc2ccccc2O)c(F)c1. The Morgan fingerprint density at radius 1 is 1.06 bits per heavy atom. The maximum Gasteiger partial charge on any atom is 0.161 e. The first-order valence-electron chi connectivity index (χ1n) is 5.05. The minimum atomic E-state index is -0.541. The van der Waals surface area contributed by atoms with Crippen molar-refractivity contribution in [1.29, 1.82) is 0 Å². The van der Waals surface area contributed by atoms with Crippen LogP contribution in [0.15, 0.2) is 42.5 Å². The molecule has 0 aliphatic carbocycles. The molecule has 2 N–H and O–H groups in total. The summed E-state index contributed by atoms with van der Waals surface area (Å²) in [6.45, 7) is -0.0102. The van der Waals surface area contributed by atoms with E-state index in [0.717, 1.165) is 6.07 Å². The standard InChI is InChI=1S/C13H11FO3/c14-11-7-10(15)6-5-9(11)8-17-13-4-2-1-3-12(13)16/h1-7,15-16H,8H2. The van der Waals surface area contributed by atoms with Gasteiger partial charge in [0.25, 0.3) is 0 Å². The van der Waals surface area contributed by atoms with Gasteiger partial charge < -0.3 is 14.9 Å². The fraction of sp³-hybridized carbons (Fsp3) is 0.0769. The highest BCUT2D eigenvalue weighted by molar-refractivity contribution is 5.38. The summed E-state index contributed by atoms with van der Waals surface area (Å²) >= 11 is 0. The average Bonchev–Trinajstić information content (AvgIpc) is 2.30. The number of hydrogen-bond acceptors (Lipinski definition) is 3. The van der Waals surface area contributed by atoms with Crippen LogP contribution in [0.5, 0.6) is 17.2 Å². The second kappa shape index (κ2) is 4.74. The molecule has 2 aromatic rings. The Bertz CT molecular complexity index is 526. The zero-order chi connectivity index (χ0) is 12.3. The number of hydrogen-bond donors (Lipinski definition) is 2. The second-order valence-corrected chi connectivity index (χ2v) is 3.53. The van der Waals surface area contributed by atoms with Crippen molar-refractivity contribution in [3.63, 3.8) is 0 Å². The van der Waals surface area contributed by atoms with Crippen molar-refractivity contribution in [3.05, 3.63) is 53.8 Å². The van der Waals surface area contributed by atoms with E-state index in [1.54, 1.807) is 18.2 Å². The summed E-state index contributed by atoms with van der Waals surface area (Å²) in [6, 6.07) is 10.3. The lowest BCUT2D eigenvalue weighted by Gasteiger charge is -2.08. The van der Waals surface area contributed by atoms with Crippen LogP contribution in [0.25, 0.3) is 0 Å². The molecule has 3 nitrogen and oxygen atoms in total. The Labute approximate surface area is 97.7 Å². The number of benzene rings is 2. The molecule has 0 fully saturated rings. The van der Waals surface area contributed by atoms with Gasteiger partial charge in [-0.05, 0) is 24.3 Å². The third-order valence-electron chi connectivity index (χ3n) is 2.29. The van der Waals surface area contributed by atoms with Crippen molar-refractivity contribution in [2.75, 3.05) is 0 Å². The molecular formula is C13H11FO3. The van der Waals surface area contributed by atoms with E-state index >= 15 is 0 Å². The van der Waals surface area contributed by atoms with Crippen LogP contribution in [0.1, 0.15) is 5.56 Å². The minimum Gasteiger partial charge on any atom is -0.508 e. The van der Waals surface area contributed by atoms with E-state index in [9.17, 15) is 9.50 Å². The van der Waals surface area contributed by atoms with E-state index in [0.29, 0.717) is 11.3 Å². The zero-order valence-corrected chi connectivity index (χ0v) is 8.93. The lowest BCUT2D eigenvalue weighted by Crippen LogP contribution is -1.98. The van der Waals surface area contributed by atoms with Crippen LogP contribution in [0, 0.1) is 5.82 Å². The van der Waals surface area contributed by atoms with E-state index < -0.39 is 5.82 Å². The molecule has 0 spiro atoms. The number of phenolic OH excluding ortho intramolecular Hbond substituents is 2. The van der Waals surface area contributed by atoms with E-state index in [1.807, 2.05) is 0 Å². The highest BCUT2D eigenvalue weighted by atomic mass is 19.1. The van der Waals surface area contributed by atoms with Crippen LogP contribution in [0.2, 0.25) is 0 Å². The molecule has 88 valence electrons. The van der Waals surface area contributed by atoms with E-state index in [4.69, 9.17) is 9.84 Å². The highest BCUT2D eigenvalue weighted by Crippen LogP contribution is 2.26. The molecule has 4 heteroatoms. The Morgan fingerprint density at radius 2 is 1.82 bits per heavy atom. The third-order valence-corrected chi connectivity index (χ3v) is 2.29. The first kappa shape index (κ1) is 11.3. The van der Waals surface area contributed by atoms with Gasteiger partial charge in [-0.2, -0.15) is 0 Å². The van der Waals surface area contributed by atoms with Crippen LogP contribution in [0.3, 0.4) is 0 Å². The molecule has 0 radical (unpaired) electrons. The molecule has 2 aromatic carbocycles. The summed E-state index contributed by atoms with van der Waals surface area (Å²) in [7, 11) is 0. The van der Waals surface area contributed by atoms with Crippen molar-refractivity contribution in [2.45, 2.75) is 6.61 Å². The predicted octanol–water partition coefficient (Wildman–Crippen LogP) is 2.82. The number of aromatic hydroxyl groups is 2. The fourth-order valence-electron chi connectivity index (χ4n) is 1.39. The summed E-state index contributed by atoms with van der Waals surface area (Å²) in [5.74, 6) is -0.374. The van der Waals surface area contributed by atoms with Crippen molar-refractivity contribution in [1.82, 2.24) is 0 Å². The molecule has 0 atom stereocenters. The van der Waals surface area contributed by atoms with Crippen LogP contribution >= 0.6 is 0 Å². The maximum absolute atomic E-state index is 13.4. The lowest BCUT2D eigenvalue weighted by molar-refractivity contribution is 0.283. The molecule has 0 saturated heterocycles. The molecule has 0 aliphatic heterocycles. The minimum absolute atomic E-state index is 0.00619. The predicted molar refractivity (Wildman–Crippen MR) is 60.5 cm³/mol. The zero-order valence-electron chi connectivity index (χ0n) is 8.93.